The number of fused-ring (bicyclic) bond motifs is 1. The van der Waals surface area contributed by atoms with Crippen molar-refractivity contribution in [3.63, 3.8) is 0 Å². The molecule has 2 aromatic rings. The topological polar surface area (TPSA) is 81.3 Å². The molecule has 0 aromatic heterocycles. The van der Waals surface area contributed by atoms with E-state index in [-0.39, 0.29) is 6.04 Å². The lowest BCUT2D eigenvalue weighted by molar-refractivity contribution is 0.0180. The number of nitrogens with two attached hydrogens (primary N) is 1. The maximum Gasteiger partial charge on any atom is 0.193 e. The summed E-state index contributed by atoms with van der Waals surface area (Å²) in [5, 5.41) is 3.87. The van der Waals surface area contributed by atoms with Crippen LogP contribution >= 0.6 is 11.6 Å². The van der Waals surface area contributed by atoms with Crippen LogP contribution in [0.3, 0.4) is 0 Å². The summed E-state index contributed by atoms with van der Waals surface area (Å²) in [6.45, 7) is 4.95. The predicted molar refractivity (Wildman–Crippen MR) is 119 cm³/mol. The first kappa shape index (κ1) is 20.8. The fourth-order valence-corrected chi connectivity index (χ4v) is 3.85. The third-order valence-corrected chi connectivity index (χ3v) is 5.41. The Labute approximate surface area is 181 Å². The number of benzene rings is 2. The van der Waals surface area contributed by atoms with E-state index in [9.17, 15) is 0 Å². The molecular formula is C22H27ClN4O3. The molecule has 30 heavy (non-hydrogen) atoms. The second-order valence-electron chi connectivity index (χ2n) is 7.28. The van der Waals surface area contributed by atoms with Gasteiger partial charge in [-0.3, -0.25) is 9.89 Å². The number of ether oxygens (including phenoxy) is 3. The van der Waals surface area contributed by atoms with Gasteiger partial charge >= 0.3 is 0 Å². The first-order chi connectivity index (χ1) is 14.7. The number of guanidine groups is 1. The van der Waals surface area contributed by atoms with Crippen molar-refractivity contribution in [2.45, 2.75) is 12.5 Å². The summed E-state index contributed by atoms with van der Waals surface area (Å²) in [5.74, 6) is 1.82. The number of morpholine rings is 1. The minimum absolute atomic E-state index is 0.0803. The molecule has 8 heteroatoms. The van der Waals surface area contributed by atoms with E-state index < -0.39 is 0 Å². The van der Waals surface area contributed by atoms with Gasteiger partial charge in [-0.2, -0.15) is 0 Å². The molecule has 7 nitrogen and oxygen atoms in total. The third kappa shape index (κ3) is 5.36. The Morgan fingerprint density at radius 2 is 1.87 bits per heavy atom. The van der Waals surface area contributed by atoms with Gasteiger partial charge in [0.1, 0.15) is 0 Å². The smallest absolute Gasteiger partial charge is 0.193 e. The van der Waals surface area contributed by atoms with Crippen molar-refractivity contribution < 1.29 is 14.2 Å². The maximum atomic E-state index is 6.23. The van der Waals surface area contributed by atoms with E-state index in [1.165, 1.54) is 0 Å². The van der Waals surface area contributed by atoms with Gasteiger partial charge in [0.25, 0.3) is 0 Å². The zero-order valence-corrected chi connectivity index (χ0v) is 17.6. The van der Waals surface area contributed by atoms with Gasteiger partial charge < -0.3 is 25.3 Å². The van der Waals surface area contributed by atoms with Crippen molar-refractivity contribution in [3.8, 4) is 11.5 Å². The van der Waals surface area contributed by atoms with Crippen LogP contribution in [0.5, 0.6) is 11.5 Å². The molecule has 3 N–H and O–H groups in total. The summed E-state index contributed by atoms with van der Waals surface area (Å²) >= 11 is 6.23. The predicted octanol–water partition coefficient (Wildman–Crippen LogP) is 3.30. The lowest BCUT2D eigenvalue weighted by Gasteiger charge is -2.34. The minimum atomic E-state index is 0.0803. The fourth-order valence-electron chi connectivity index (χ4n) is 3.65. The number of nitrogens with one attached hydrogen (secondary N) is 1. The molecule has 0 aliphatic carbocycles. The number of rotatable bonds is 5. The van der Waals surface area contributed by atoms with Crippen molar-refractivity contribution in [1.29, 1.82) is 0 Å². The van der Waals surface area contributed by atoms with E-state index in [4.69, 9.17) is 31.5 Å². The molecule has 160 valence electrons. The van der Waals surface area contributed by atoms with Gasteiger partial charge in [0, 0.05) is 36.3 Å². The number of hydrogen-bond donors (Lipinski definition) is 2. The lowest BCUT2D eigenvalue weighted by Crippen LogP contribution is -2.40. The monoisotopic (exact) mass is 430 g/mol. The van der Waals surface area contributed by atoms with E-state index in [1.54, 1.807) is 0 Å². The fraction of sp³-hybridized carbons (Fsp3) is 0.409. The van der Waals surface area contributed by atoms with E-state index in [0.717, 1.165) is 42.3 Å². The first-order valence-electron chi connectivity index (χ1n) is 10.2. The van der Waals surface area contributed by atoms with Crippen LogP contribution in [0, 0.1) is 0 Å². The molecule has 4 rings (SSSR count). The molecule has 2 heterocycles. The molecule has 0 amide bonds. The summed E-state index contributed by atoms with van der Waals surface area (Å²) in [6.07, 6.45) is 0.869. The highest BCUT2D eigenvalue weighted by atomic mass is 35.5. The van der Waals surface area contributed by atoms with Crippen molar-refractivity contribution in [3.05, 3.63) is 53.1 Å². The van der Waals surface area contributed by atoms with Gasteiger partial charge in [-0.15, -0.1) is 0 Å². The van der Waals surface area contributed by atoms with Gasteiger partial charge in [0.05, 0.1) is 39.0 Å². The molecule has 0 saturated carbocycles. The van der Waals surface area contributed by atoms with Gasteiger partial charge in [-0.25, -0.2) is 0 Å². The zero-order chi connectivity index (χ0) is 20.8. The Hall–Kier alpha value is -2.48. The number of anilines is 1. The molecule has 0 radical (unpaired) electrons. The molecule has 2 aromatic carbocycles. The summed E-state index contributed by atoms with van der Waals surface area (Å²) in [6, 6.07) is 13.7. The molecular weight excluding hydrogens is 404 g/mol. The van der Waals surface area contributed by atoms with Crippen molar-refractivity contribution in [1.82, 2.24) is 4.90 Å². The quantitative estimate of drug-likeness (QED) is 0.559. The Bertz CT molecular complexity index is 886. The number of halogens is 1. The van der Waals surface area contributed by atoms with Crippen LogP contribution < -0.4 is 20.5 Å². The molecule has 2 aliphatic rings. The minimum Gasteiger partial charge on any atom is -0.490 e. The van der Waals surface area contributed by atoms with Gasteiger partial charge in [0.2, 0.25) is 0 Å². The van der Waals surface area contributed by atoms with Crippen molar-refractivity contribution >= 4 is 23.2 Å². The van der Waals surface area contributed by atoms with E-state index in [2.05, 4.69) is 21.3 Å². The Morgan fingerprint density at radius 3 is 2.67 bits per heavy atom. The van der Waals surface area contributed by atoms with Crippen LogP contribution in [0.2, 0.25) is 5.02 Å². The van der Waals surface area contributed by atoms with Crippen LogP contribution in [0.25, 0.3) is 0 Å². The summed E-state index contributed by atoms with van der Waals surface area (Å²) in [7, 11) is 0. The van der Waals surface area contributed by atoms with Gasteiger partial charge in [-0.1, -0.05) is 23.7 Å². The van der Waals surface area contributed by atoms with E-state index in [1.807, 2.05) is 36.4 Å². The van der Waals surface area contributed by atoms with Crippen LogP contribution in [0.4, 0.5) is 5.69 Å². The molecule has 1 saturated heterocycles. The number of hydrogen-bond acceptors (Lipinski definition) is 5. The molecule has 0 bridgehead atoms. The SMILES string of the molecule is NC(=NCC(c1cccc(Cl)c1)N1CCOCC1)Nc1ccc2c(c1)OCCCO2. The third-order valence-electron chi connectivity index (χ3n) is 5.17. The zero-order valence-electron chi connectivity index (χ0n) is 16.9. The first-order valence-corrected chi connectivity index (χ1v) is 10.6. The van der Waals surface area contributed by atoms with Crippen molar-refractivity contribution in [2.75, 3.05) is 51.4 Å². The van der Waals surface area contributed by atoms with Crippen molar-refractivity contribution in [2.24, 2.45) is 10.7 Å². The highest BCUT2D eigenvalue weighted by molar-refractivity contribution is 6.30. The normalized spacial score (nSPS) is 18.5. The maximum absolute atomic E-state index is 6.23. The average Bonchev–Trinajstić information content (AvgIpc) is 3.00. The number of nitrogens with zero attached hydrogens (tertiary/aromatic N) is 2. The highest BCUT2D eigenvalue weighted by Crippen LogP contribution is 2.32. The van der Waals surface area contributed by atoms with Crippen LogP contribution in [0.15, 0.2) is 47.5 Å². The molecule has 1 fully saturated rings. The summed E-state index contributed by atoms with van der Waals surface area (Å²) < 4.78 is 16.9. The van der Waals surface area contributed by atoms with Crippen LogP contribution in [-0.4, -0.2) is 56.9 Å². The largest absolute Gasteiger partial charge is 0.490 e. The van der Waals surface area contributed by atoms with Gasteiger partial charge in [0.15, 0.2) is 17.5 Å². The molecule has 2 aliphatic heterocycles. The highest BCUT2D eigenvalue weighted by Gasteiger charge is 2.23. The second kappa shape index (κ2) is 10.0. The Balaban J connectivity index is 1.47. The van der Waals surface area contributed by atoms with Gasteiger partial charge in [-0.05, 0) is 29.8 Å². The van der Waals surface area contributed by atoms with E-state index in [0.29, 0.717) is 44.0 Å². The Morgan fingerprint density at radius 1 is 1.07 bits per heavy atom. The molecule has 0 spiro atoms. The number of aliphatic imine (C=N–C) groups is 1. The molecule has 1 unspecified atom stereocenters. The average molecular weight is 431 g/mol. The standard InChI is InChI=1S/C22H27ClN4O3/c23-17-4-1-3-16(13-17)19(27-7-11-28-12-8-27)15-25-22(24)26-18-5-6-20-21(14-18)30-10-2-9-29-20/h1,3-6,13-14,19H,2,7-12,15H2,(H3,24,25,26). The summed E-state index contributed by atoms with van der Waals surface area (Å²) in [5.41, 5.74) is 8.13. The van der Waals surface area contributed by atoms with Crippen LogP contribution in [-0.2, 0) is 4.74 Å². The van der Waals surface area contributed by atoms with E-state index >= 15 is 0 Å². The Kier molecular flexibility index (Phi) is 6.94. The lowest BCUT2D eigenvalue weighted by atomic mass is 10.0. The summed E-state index contributed by atoms with van der Waals surface area (Å²) in [4.78, 5) is 6.98. The van der Waals surface area contributed by atoms with Crippen LogP contribution in [0.1, 0.15) is 18.0 Å². The molecule has 1 atom stereocenters. The second-order valence-corrected chi connectivity index (χ2v) is 7.72.